The molecule has 2 amide bonds. The van der Waals surface area contributed by atoms with Crippen molar-refractivity contribution in [3.63, 3.8) is 0 Å². The van der Waals surface area contributed by atoms with Crippen molar-refractivity contribution in [3.05, 3.63) is 65.5 Å². The van der Waals surface area contributed by atoms with Crippen LogP contribution in [0.5, 0.6) is 5.75 Å². The van der Waals surface area contributed by atoms with E-state index in [0.717, 1.165) is 29.7 Å². The summed E-state index contributed by atoms with van der Waals surface area (Å²) in [5.41, 5.74) is 3.11. The molecule has 0 unspecified atom stereocenters. The van der Waals surface area contributed by atoms with Crippen molar-refractivity contribution in [3.8, 4) is 17.1 Å². The minimum absolute atomic E-state index is 0.114. The van der Waals surface area contributed by atoms with Crippen molar-refractivity contribution in [2.45, 2.75) is 32.4 Å². The Morgan fingerprint density at radius 1 is 1.21 bits per heavy atom. The number of likely N-dealkylation sites (tertiary alicyclic amines) is 1. The lowest BCUT2D eigenvalue weighted by molar-refractivity contribution is 0.180. The van der Waals surface area contributed by atoms with Gasteiger partial charge in [-0.05, 0) is 49.6 Å². The maximum absolute atomic E-state index is 12.7. The van der Waals surface area contributed by atoms with Crippen LogP contribution >= 0.6 is 0 Å². The maximum atomic E-state index is 12.7. The molecule has 7 heteroatoms. The molecule has 0 saturated carbocycles. The highest BCUT2D eigenvalue weighted by Crippen LogP contribution is 2.32. The zero-order valence-electron chi connectivity index (χ0n) is 16.6. The summed E-state index contributed by atoms with van der Waals surface area (Å²) in [6.07, 6.45) is 1.71. The second-order valence-electron chi connectivity index (χ2n) is 7.18. The van der Waals surface area contributed by atoms with Crippen molar-refractivity contribution in [2.24, 2.45) is 0 Å². The molecule has 2 aromatic carbocycles. The van der Waals surface area contributed by atoms with Crippen LogP contribution in [-0.2, 0) is 6.54 Å². The van der Waals surface area contributed by atoms with Crippen LogP contribution in [0.2, 0.25) is 0 Å². The Morgan fingerprint density at radius 3 is 2.69 bits per heavy atom. The molecule has 1 saturated heterocycles. The standard InChI is InChI=1S/C22H24N4O3/c1-15-5-7-16(8-6-15)14-23-22(27)26-13-3-4-19(26)21-24-20(25-29-21)17-9-11-18(28-2)12-10-17/h5-12,19H,3-4,13-14H2,1-2H3,(H,23,27)/t19-/m1/s1. The number of ether oxygens (including phenoxy) is 1. The number of nitrogens with one attached hydrogen (secondary N) is 1. The van der Waals surface area contributed by atoms with Gasteiger partial charge in [0.25, 0.3) is 0 Å². The summed E-state index contributed by atoms with van der Waals surface area (Å²) in [6, 6.07) is 15.3. The van der Waals surface area contributed by atoms with Gasteiger partial charge in [0, 0.05) is 18.7 Å². The molecule has 1 aromatic heterocycles. The lowest BCUT2D eigenvalue weighted by Crippen LogP contribution is -2.39. The molecule has 29 heavy (non-hydrogen) atoms. The van der Waals surface area contributed by atoms with E-state index in [1.165, 1.54) is 5.56 Å². The van der Waals surface area contributed by atoms with E-state index in [2.05, 4.69) is 15.5 Å². The average Bonchev–Trinajstić information content (AvgIpc) is 3.43. The fourth-order valence-corrected chi connectivity index (χ4v) is 3.48. The molecule has 7 nitrogen and oxygen atoms in total. The van der Waals surface area contributed by atoms with Crippen LogP contribution in [0.15, 0.2) is 53.1 Å². The molecule has 4 rings (SSSR count). The second kappa shape index (κ2) is 8.34. The van der Waals surface area contributed by atoms with Gasteiger partial charge in [0.1, 0.15) is 11.8 Å². The first kappa shape index (κ1) is 19.0. The summed E-state index contributed by atoms with van der Waals surface area (Å²) in [5, 5.41) is 7.09. The van der Waals surface area contributed by atoms with Crippen LogP contribution in [0.1, 0.15) is 35.9 Å². The van der Waals surface area contributed by atoms with Gasteiger partial charge in [0.15, 0.2) is 0 Å². The zero-order chi connectivity index (χ0) is 20.2. The molecular weight excluding hydrogens is 368 g/mol. The van der Waals surface area contributed by atoms with E-state index >= 15 is 0 Å². The van der Waals surface area contributed by atoms with Crippen LogP contribution in [0.25, 0.3) is 11.4 Å². The van der Waals surface area contributed by atoms with Crippen molar-refractivity contribution < 1.29 is 14.1 Å². The van der Waals surface area contributed by atoms with Gasteiger partial charge in [-0.15, -0.1) is 0 Å². The maximum Gasteiger partial charge on any atom is 0.318 e. The number of nitrogens with zero attached hydrogens (tertiary/aromatic N) is 3. The van der Waals surface area contributed by atoms with Crippen LogP contribution in [0.3, 0.4) is 0 Å². The SMILES string of the molecule is COc1ccc(-c2noc([C@H]3CCCN3C(=O)NCc3ccc(C)cc3)n2)cc1. The summed E-state index contributed by atoms with van der Waals surface area (Å²) < 4.78 is 10.7. The van der Waals surface area contributed by atoms with E-state index in [1.54, 1.807) is 12.0 Å². The Kier molecular flexibility index (Phi) is 5.46. The summed E-state index contributed by atoms with van der Waals surface area (Å²) in [6.45, 7) is 3.20. The largest absolute Gasteiger partial charge is 0.497 e. The molecule has 150 valence electrons. The van der Waals surface area contributed by atoms with Gasteiger partial charge in [-0.1, -0.05) is 35.0 Å². The predicted molar refractivity (Wildman–Crippen MR) is 108 cm³/mol. The molecule has 0 spiro atoms. The minimum Gasteiger partial charge on any atom is -0.497 e. The fraction of sp³-hybridized carbons (Fsp3) is 0.318. The van der Waals surface area contributed by atoms with Gasteiger partial charge in [-0.3, -0.25) is 0 Å². The molecule has 0 radical (unpaired) electrons. The number of rotatable bonds is 5. The number of urea groups is 1. The summed E-state index contributed by atoms with van der Waals surface area (Å²) >= 11 is 0. The number of hydrogen-bond acceptors (Lipinski definition) is 5. The Bertz CT molecular complexity index is 966. The number of methoxy groups -OCH3 is 1. The molecule has 3 aromatic rings. The third kappa shape index (κ3) is 4.23. The van der Waals surface area contributed by atoms with Crippen LogP contribution < -0.4 is 10.1 Å². The highest BCUT2D eigenvalue weighted by atomic mass is 16.5. The third-order valence-electron chi connectivity index (χ3n) is 5.15. The van der Waals surface area contributed by atoms with Gasteiger partial charge < -0.3 is 19.5 Å². The highest BCUT2D eigenvalue weighted by Gasteiger charge is 2.34. The van der Waals surface area contributed by atoms with Gasteiger partial charge in [0.2, 0.25) is 11.7 Å². The fourth-order valence-electron chi connectivity index (χ4n) is 3.48. The van der Waals surface area contributed by atoms with Crippen LogP contribution in [-0.4, -0.2) is 34.7 Å². The molecule has 2 heterocycles. The first-order chi connectivity index (χ1) is 14.1. The number of carbonyl (C=O) groups is 1. The molecule has 1 fully saturated rings. The Hall–Kier alpha value is -3.35. The Labute approximate surface area is 169 Å². The highest BCUT2D eigenvalue weighted by molar-refractivity contribution is 5.75. The van der Waals surface area contributed by atoms with E-state index in [4.69, 9.17) is 9.26 Å². The molecule has 1 aliphatic rings. The number of amides is 2. The number of benzene rings is 2. The van der Waals surface area contributed by atoms with E-state index in [0.29, 0.717) is 24.8 Å². The molecule has 1 aliphatic heterocycles. The zero-order valence-corrected chi connectivity index (χ0v) is 16.6. The van der Waals surface area contributed by atoms with Crippen molar-refractivity contribution >= 4 is 6.03 Å². The quantitative estimate of drug-likeness (QED) is 0.707. The lowest BCUT2D eigenvalue weighted by atomic mass is 10.1. The first-order valence-electron chi connectivity index (χ1n) is 9.72. The molecule has 1 atom stereocenters. The summed E-state index contributed by atoms with van der Waals surface area (Å²) in [4.78, 5) is 19.0. The van der Waals surface area contributed by atoms with E-state index in [9.17, 15) is 4.79 Å². The molecular formula is C22H24N4O3. The van der Waals surface area contributed by atoms with Gasteiger partial charge in [-0.25, -0.2) is 4.79 Å². The van der Waals surface area contributed by atoms with E-state index < -0.39 is 0 Å². The number of carbonyl (C=O) groups excluding carboxylic acids is 1. The molecule has 0 aliphatic carbocycles. The summed E-state index contributed by atoms with van der Waals surface area (Å²) in [7, 11) is 1.63. The first-order valence-corrected chi connectivity index (χ1v) is 9.72. The van der Waals surface area contributed by atoms with E-state index in [1.807, 2.05) is 55.5 Å². The number of aryl methyl sites for hydroxylation is 1. The number of aromatic nitrogens is 2. The topological polar surface area (TPSA) is 80.5 Å². The van der Waals surface area contributed by atoms with Crippen LogP contribution in [0.4, 0.5) is 4.79 Å². The summed E-state index contributed by atoms with van der Waals surface area (Å²) in [5.74, 6) is 1.75. The van der Waals surface area contributed by atoms with Gasteiger partial charge in [-0.2, -0.15) is 4.98 Å². The monoisotopic (exact) mass is 392 g/mol. The lowest BCUT2D eigenvalue weighted by Gasteiger charge is -2.22. The third-order valence-corrected chi connectivity index (χ3v) is 5.15. The predicted octanol–water partition coefficient (Wildman–Crippen LogP) is 4.10. The van der Waals surface area contributed by atoms with Gasteiger partial charge >= 0.3 is 6.03 Å². The van der Waals surface area contributed by atoms with Gasteiger partial charge in [0.05, 0.1) is 7.11 Å². The van der Waals surface area contributed by atoms with E-state index in [-0.39, 0.29) is 12.1 Å². The molecule has 0 bridgehead atoms. The Morgan fingerprint density at radius 2 is 1.97 bits per heavy atom. The smallest absolute Gasteiger partial charge is 0.318 e. The normalized spacial score (nSPS) is 16.1. The minimum atomic E-state index is -0.201. The Balaban J connectivity index is 1.43. The van der Waals surface area contributed by atoms with Crippen LogP contribution in [0, 0.1) is 6.92 Å². The number of hydrogen-bond donors (Lipinski definition) is 1. The van der Waals surface area contributed by atoms with Crippen molar-refractivity contribution in [1.29, 1.82) is 0 Å². The molecule has 1 N–H and O–H groups in total. The second-order valence-corrected chi connectivity index (χ2v) is 7.18. The van der Waals surface area contributed by atoms with Crippen molar-refractivity contribution in [2.75, 3.05) is 13.7 Å². The van der Waals surface area contributed by atoms with Crippen molar-refractivity contribution in [1.82, 2.24) is 20.4 Å². The average molecular weight is 392 g/mol.